The van der Waals surface area contributed by atoms with Gasteiger partial charge in [-0.15, -0.1) is 0 Å². The number of esters is 1. The maximum absolute atomic E-state index is 11.1. The van der Waals surface area contributed by atoms with Crippen molar-refractivity contribution in [2.24, 2.45) is 0 Å². The quantitative estimate of drug-likeness (QED) is 0.317. The van der Waals surface area contributed by atoms with Crippen LogP contribution in [0.3, 0.4) is 0 Å². The van der Waals surface area contributed by atoms with Crippen molar-refractivity contribution in [1.82, 2.24) is 4.90 Å². The molecule has 1 amide bonds. The summed E-state index contributed by atoms with van der Waals surface area (Å²) in [7, 11) is 1.65. The minimum Gasteiger partial charge on any atom is -0.509 e. The zero-order valence-corrected chi connectivity index (χ0v) is 8.47. The Hall–Kier alpha value is -1.78. The summed E-state index contributed by atoms with van der Waals surface area (Å²) in [5.41, 5.74) is 0. The second-order valence-corrected chi connectivity index (χ2v) is 3.36. The summed E-state index contributed by atoms with van der Waals surface area (Å²) in [6.45, 7) is 3.60. The molecule has 15 heavy (non-hydrogen) atoms. The molecular weight excluding hydrogens is 198 g/mol. The minimum absolute atomic E-state index is 0.0386. The molecule has 1 atom stereocenters. The van der Waals surface area contributed by atoms with Crippen LogP contribution in [0.15, 0.2) is 24.5 Å². The van der Waals surface area contributed by atoms with Gasteiger partial charge in [0.15, 0.2) is 0 Å². The molecule has 0 aromatic rings. The summed E-state index contributed by atoms with van der Waals surface area (Å²) in [5.74, 6) is -0.840. The lowest BCUT2D eigenvalue weighted by Gasteiger charge is -2.09. The van der Waals surface area contributed by atoms with Crippen LogP contribution in [0.4, 0.5) is 0 Å². The van der Waals surface area contributed by atoms with E-state index in [2.05, 4.69) is 6.58 Å². The molecule has 1 heterocycles. The fourth-order valence-corrected chi connectivity index (χ4v) is 1.27. The van der Waals surface area contributed by atoms with Gasteiger partial charge in [0, 0.05) is 13.1 Å². The second kappa shape index (κ2) is 4.63. The van der Waals surface area contributed by atoms with Crippen molar-refractivity contribution in [1.29, 1.82) is 0 Å². The first-order chi connectivity index (χ1) is 6.99. The van der Waals surface area contributed by atoms with Crippen molar-refractivity contribution < 1.29 is 19.4 Å². The maximum Gasteiger partial charge on any atom is 0.331 e. The van der Waals surface area contributed by atoms with E-state index in [0.717, 1.165) is 12.2 Å². The van der Waals surface area contributed by atoms with Gasteiger partial charge in [-0.3, -0.25) is 4.79 Å². The molecule has 0 radical (unpaired) electrons. The molecule has 1 aliphatic heterocycles. The van der Waals surface area contributed by atoms with Crippen LogP contribution in [0, 0.1) is 0 Å². The van der Waals surface area contributed by atoms with Gasteiger partial charge in [-0.1, -0.05) is 6.58 Å². The van der Waals surface area contributed by atoms with Gasteiger partial charge in [0.1, 0.15) is 11.9 Å². The predicted molar refractivity (Wildman–Crippen MR) is 53.0 cm³/mol. The van der Waals surface area contributed by atoms with Crippen LogP contribution in [0.5, 0.6) is 0 Å². The van der Waals surface area contributed by atoms with Gasteiger partial charge >= 0.3 is 5.97 Å². The van der Waals surface area contributed by atoms with Crippen LogP contribution in [0.2, 0.25) is 0 Å². The molecule has 0 aromatic carbocycles. The number of aliphatic hydroxyl groups is 1. The number of aliphatic hydroxyl groups excluding tert-OH is 1. The van der Waals surface area contributed by atoms with E-state index in [1.807, 2.05) is 0 Å². The predicted octanol–water partition coefficient (Wildman–Crippen LogP) is 0.388. The van der Waals surface area contributed by atoms with Crippen LogP contribution in [-0.4, -0.2) is 41.6 Å². The first-order valence-corrected chi connectivity index (χ1v) is 4.49. The molecule has 0 aromatic heterocycles. The molecule has 1 N–H and O–H groups in total. The van der Waals surface area contributed by atoms with Gasteiger partial charge in [-0.05, 0) is 6.08 Å². The summed E-state index contributed by atoms with van der Waals surface area (Å²) in [5, 5.41) is 8.69. The molecule has 5 heteroatoms. The standard InChI is InChI=1S/C10H13NO4/c1-7(12)3-4-10(14)15-8-5-9(13)11(2)6-8/h3-4,8,12H,1,5-6H2,2H3/b4-3+. The molecule has 1 saturated heterocycles. The molecule has 0 saturated carbocycles. The summed E-state index contributed by atoms with van der Waals surface area (Å²) >= 11 is 0. The van der Waals surface area contributed by atoms with Crippen molar-refractivity contribution in [3.63, 3.8) is 0 Å². The van der Waals surface area contributed by atoms with Gasteiger partial charge in [-0.25, -0.2) is 4.79 Å². The highest BCUT2D eigenvalue weighted by atomic mass is 16.5. The number of nitrogens with zero attached hydrogens (tertiary/aromatic N) is 1. The number of carbonyl (C=O) groups is 2. The lowest BCUT2D eigenvalue weighted by molar-refractivity contribution is -0.142. The van der Waals surface area contributed by atoms with Crippen LogP contribution in [0.25, 0.3) is 0 Å². The molecule has 0 bridgehead atoms. The number of rotatable bonds is 3. The Bertz CT molecular complexity index is 321. The first-order valence-electron chi connectivity index (χ1n) is 4.49. The lowest BCUT2D eigenvalue weighted by atomic mass is 10.3. The van der Waals surface area contributed by atoms with Gasteiger partial charge < -0.3 is 14.7 Å². The topological polar surface area (TPSA) is 66.8 Å². The van der Waals surface area contributed by atoms with Crippen molar-refractivity contribution in [3.05, 3.63) is 24.5 Å². The smallest absolute Gasteiger partial charge is 0.331 e. The van der Waals surface area contributed by atoms with Crippen LogP contribution in [0.1, 0.15) is 6.42 Å². The fraction of sp³-hybridized carbons (Fsp3) is 0.400. The first kappa shape index (κ1) is 11.3. The Labute approximate surface area is 87.6 Å². The van der Waals surface area contributed by atoms with E-state index in [9.17, 15) is 9.59 Å². The average molecular weight is 211 g/mol. The van der Waals surface area contributed by atoms with E-state index in [1.165, 1.54) is 4.90 Å². The summed E-state index contributed by atoms with van der Waals surface area (Å²) < 4.78 is 4.96. The molecule has 1 aliphatic rings. The number of carbonyl (C=O) groups excluding carboxylic acids is 2. The molecule has 1 unspecified atom stereocenters. The fourth-order valence-electron chi connectivity index (χ4n) is 1.27. The Kier molecular flexibility index (Phi) is 3.49. The van der Waals surface area contributed by atoms with E-state index in [4.69, 9.17) is 9.84 Å². The van der Waals surface area contributed by atoms with Gasteiger partial charge in [0.05, 0.1) is 13.0 Å². The number of hydrogen-bond acceptors (Lipinski definition) is 4. The Morgan fingerprint density at radius 1 is 1.67 bits per heavy atom. The summed E-state index contributed by atoms with van der Waals surface area (Å²) in [4.78, 5) is 23.7. The Morgan fingerprint density at radius 2 is 2.33 bits per heavy atom. The molecule has 5 nitrogen and oxygen atoms in total. The number of likely N-dealkylation sites (N-methyl/N-ethyl adjacent to an activating group) is 1. The Morgan fingerprint density at radius 3 is 2.80 bits per heavy atom. The highest BCUT2D eigenvalue weighted by Gasteiger charge is 2.28. The zero-order chi connectivity index (χ0) is 11.4. The number of hydrogen-bond donors (Lipinski definition) is 1. The van der Waals surface area contributed by atoms with Gasteiger partial charge in [0.2, 0.25) is 5.91 Å². The zero-order valence-electron chi connectivity index (χ0n) is 8.47. The molecule has 1 fully saturated rings. The van der Waals surface area contributed by atoms with Crippen molar-refractivity contribution in [3.8, 4) is 0 Å². The van der Waals surface area contributed by atoms with Crippen molar-refractivity contribution in [2.75, 3.05) is 13.6 Å². The van der Waals surface area contributed by atoms with E-state index >= 15 is 0 Å². The monoisotopic (exact) mass is 211 g/mol. The second-order valence-electron chi connectivity index (χ2n) is 3.36. The van der Waals surface area contributed by atoms with E-state index in [0.29, 0.717) is 6.54 Å². The van der Waals surface area contributed by atoms with Crippen LogP contribution < -0.4 is 0 Å². The molecular formula is C10H13NO4. The third-order valence-corrected chi connectivity index (χ3v) is 2.00. The summed E-state index contributed by atoms with van der Waals surface area (Å²) in [6.07, 6.45) is 2.04. The normalized spacial score (nSPS) is 21.0. The van der Waals surface area contributed by atoms with Crippen LogP contribution in [-0.2, 0) is 14.3 Å². The molecule has 0 spiro atoms. The molecule has 82 valence electrons. The SMILES string of the molecule is C=C(O)/C=C/C(=O)OC1CC(=O)N(C)C1. The number of allylic oxidation sites excluding steroid dienone is 1. The highest BCUT2D eigenvalue weighted by molar-refractivity contribution is 5.84. The Balaban J connectivity index is 2.40. The molecule has 0 aliphatic carbocycles. The van der Waals surface area contributed by atoms with Crippen LogP contribution >= 0.6 is 0 Å². The third kappa shape index (κ3) is 3.46. The van der Waals surface area contributed by atoms with Crippen molar-refractivity contribution in [2.45, 2.75) is 12.5 Å². The lowest BCUT2D eigenvalue weighted by Crippen LogP contribution is -2.22. The average Bonchev–Trinajstić information content (AvgIpc) is 2.42. The van der Waals surface area contributed by atoms with E-state index in [1.54, 1.807) is 7.05 Å². The number of amides is 1. The number of ether oxygens (including phenoxy) is 1. The largest absolute Gasteiger partial charge is 0.509 e. The highest BCUT2D eigenvalue weighted by Crippen LogP contribution is 2.12. The third-order valence-electron chi connectivity index (χ3n) is 2.00. The number of likely N-dealkylation sites (tertiary alicyclic amines) is 1. The minimum atomic E-state index is -0.585. The maximum atomic E-state index is 11.1. The van der Waals surface area contributed by atoms with Gasteiger partial charge in [0.25, 0.3) is 0 Å². The summed E-state index contributed by atoms with van der Waals surface area (Å²) in [6, 6.07) is 0. The molecule has 1 rings (SSSR count). The van der Waals surface area contributed by atoms with E-state index in [-0.39, 0.29) is 18.1 Å². The van der Waals surface area contributed by atoms with Gasteiger partial charge in [-0.2, -0.15) is 0 Å². The van der Waals surface area contributed by atoms with E-state index < -0.39 is 12.1 Å². The van der Waals surface area contributed by atoms with Crippen molar-refractivity contribution >= 4 is 11.9 Å².